The number of fused-ring (bicyclic) bond motifs is 1. The van der Waals surface area contributed by atoms with Crippen LogP contribution in [0.5, 0.6) is 11.5 Å². The van der Waals surface area contributed by atoms with E-state index in [1.54, 1.807) is 32.0 Å². The first-order chi connectivity index (χ1) is 14.2. The van der Waals surface area contributed by atoms with Gasteiger partial charge in [-0.2, -0.15) is 0 Å². The summed E-state index contributed by atoms with van der Waals surface area (Å²) in [7, 11) is -3.76. The van der Waals surface area contributed by atoms with E-state index in [2.05, 4.69) is 5.32 Å². The maximum absolute atomic E-state index is 12.6. The number of carbonyl (C=O) groups is 2. The maximum atomic E-state index is 12.6. The minimum absolute atomic E-state index is 0.0498. The molecule has 2 aromatic rings. The Kier molecular flexibility index (Phi) is 6.16. The predicted octanol–water partition coefficient (Wildman–Crippen LogP) is 2.31. The molecule has 2 aromatic carbocycles. The van der Waals surface area contributed by atoms with Crippen LogP contribution in [0.15, 0.2) is 36.4 Å². The van der Waals surface area contributed by atoms with Crippen molar-refractivity contribution in [1.82, 2.24) is 0 Å². The lowest BCUT2D eigenvalue weighted by Crippen LogP contribution is -2.37. The first kappa shape index (κ1) is 21.4. The number of aryl methyl sites for hydroxylation is 1. The van der Waals surface area contributed by atoms with Crippen LogP contribution >= 0.6 is 0 Å². The second-order valence-electron chi connectivity index (χ2n) is 6.61. The minimum Gasteiger partial charge on any atom is -0.462 e. The van der Waals surface area contributed by atoms with Crippen LogP contribution in [0.1, 0.15) is 22.8 Å². The minimum atomic E-state index is -3.76. The fraction of sp³-hybridized carbons (Fsp3) is 0.300. The van der Waals surface area contributed by atoms with Gasteiger partial charge in [-0.05, 0) is 43.7 Å². The van der Waals surface area contributed by atoms with Gasteiger partial charge in [0.1, 0.15) is 6.54 Å². The molecule has 3 rings (SSSR count). The van der Waals surface area contributed by atoms with E-state index < -0.39 is 28.4 Å². The number of nitrogens with zero attached hydrogens (tertiary/aromatic N) is 1. The summed E-state index contributed by atoms with van der Waals surface area (Å²) < 4.78 is 41.1. The van der Waals surface area contributed by atoms with Crippen LogP contribution in [0, 0.1) is 6.92 Å². The van der Waals surface area contributed by atoms with Gasteiger partial charge in [0, 0.05) is 11.8 Å². The Morgan fingerprint density at radius 2 is 1.87 bits per heavy atom. The average Bonchev–Trinajstić information content (AvgIpc) is 3.15. The lowest BCUT2D eigenvalue weighted by atomic mass is 10.1. The summed E-state index contributed by atoms with van der Waals surface area (Å²) in [6.45, 7) is 3.28. The van der Waals surface area contributed by atoms with Crippen LogP contribution in [0.25, 0.3) is 0 Å². The number of anilines is 2. The number of ether oxygens (including phenoxy) is 3. The topological polar surface area (TPSA) is 111 Å². The molecule has 1 heterocycles. The molecule has 0 spiro atoms. The van der Waals surface area contributed by atoms with E-state index >= 15 is 0 Å². The number of rotatable bonds is 7. The molecule has 1 aliphatic heterocycles. The zero-order valence-corrected chi connectivity index (χ0v) is 17.6. The summed E-state index contributed by atoms with van der Waals surface area (Å²) in [6.07, 6.45) is 1.01. The standard InChI is InChI=1S/C20H22N2O7S/c1-4-27-20(24)14-6-5-13(2)16(9-14)21-19(23)11-22(30(3,25)26)15-7-8-17-18(10-15)29-12-28-17/h5-10H,4,11-12H2,1-3H3,(H,21,23). The van der Waals surface area contributed by atoms with Crippen LogP contribution in [0.4, 0.5) is 11.4 Å². The number of carbonyl (C=O) groups excluding carboxylic acids is 2. The third-order valence-electron chi connectivity index (χ3n) is 4.35. The van der Waals surface area contributed by atoms with Crippen molar-refractivity contribution in [1.29, 1.82) is 0 Å². The van der Waals surface area contributed by atoms with Crippen LogP contribution in [-0.2, 0) is 19.6 Å². The summed E-state index contributed by atoms with van der Waals surface area (Å²) in [6, 6.07) is 9.39. The Morgan fingerprint density at radius 1 is 1.13 bits per heavy atom. The summed E-state index contributed by atoms with van der Waals surface area (Å²) in [4.78, 5) is 24.6. The van der Waals surface area contributed by atoms with Gasteiger partial charge in [0.15, 0.2) is 11.5 Å². The second-order valence-corrected chi connectivity index (χ2v) is 8.51. The predicted molar refractivity (Wildman–Crippen MR) is 111 cm³/mol. The molecule has 0 atom stereocenters. The number of hydrogen-bond donors (Lipinski definition) is 1. The van der Waals surface area contributed by atoms with Crippen LogP contribution in [0.3, 0.4) is 0 Å². The van der Waals surface area contributed by atoms with E-state index in [0.29, 0.717) is 22.7 Å². The summed E-state index contributed by atoms with van der Waals surface area (Å²) in [5.74, 6) is -0.170. The molecular weight excluding hydrogens is 412 g/mol. The molecule has 9 nitrogen and oxygen atoms in total. The number of esters is 1. The first-order valence-electron chi connectivity index (χ1n) is 9.14. The number of hydrogen-bond acceptors (Lipinski definition) is 7. The lowest BCUT2D eigenvalue weighted by molar-refractivity contribution is -0.114. The van der Waals surface area contributed by atoms with Crippen molar-refractivity contribution in [3.63, 3.8) is 0 Å². The monoisotopic (exact) mass is 434 g/mol. The van der Waals surface area contributed by atoms with E-state index in [9.17, 15) is 18.0 Å². The Balaban J connectivity index is 1.81. The van der Waals surface area contributed by atoms with Gasteiger partial charge < -0.3 is 19.5 Å². The number of sulfonamides is 1. The highest BCUT2D eigenvalue weighted by molar-refractivity contribution is 7.92. The molecule has 0 saturated heterocycles. The van der Waals surface area contributed by atoms with Crippen LogP contribution in [0.2, 0.25) is 0 Å². The maximum Gasteiger partial charge on any atom is 0.338 e. The van der Waals surface area contributed by atoms with E-state index in [-0.39, 0.29) is 24.7 Å². The SMILES string of the molecule is CCOC(=O)c1ccc(C)c(NC(=O)CN(c2ccc3c(c2)OCO3)S(C)(=O)=O)c1. The molecule has 160 valence electrons. The third kappa shape index (κ3) is 4.82. The molecule has 0 radical (unpaired) electrons. The number of nitrogens with one attached hydrogen (secondary N) is 1. The Labute approximate surface area is 174 Å². The van der Waals surface area contributed by atoms with Gasteiger partial charge in [-0.3, -0.25) is 9.10 Å². The molecule has 0 aromatic heterocycles. The molecule has 30 heavy (non-hydrogen) atoms. The largest absolute Gasteiger partial charge is 0.462 e. The highest BCUT2D eigenvalue weighted by Gasteiger charge is 2.24. The first-order valence-corrected chi connectivity index (χ1v) is 11.0. The van der Waals surface area contributed by atoms with E-state index in [1.807, 2.05) is 0 Å². The number of amides is 1. The Morgan fingerprint density at radius 3 is 2.57 bits per heavy atom. The van der Waals surface area contributed by atoms with Gasteiger partial charge in [0.05, 0.1) is 24.1 Å². The fourth-order valence-electron chi connectivity index (χ4n) is 2.86. The third-order valence-corrected chi connectivity index (χ3v) is 5.50. The molecule has 0 bridgehead atoms. The summed E-state index contributed by atoms with van der Waals surface area (Å²) in [5, 5.41) is 2.66. The smallest absolute Gasteiger partial charge is 0.338 e. The van der Waals surface area contributed by atoms with E-state index in [0.717, 1.165) is 10.6 Å². The van der Waals surface area contributed by atoms with Gasteiger partial charge in [-0.25, -0.2) is 13.2 Å². The zero-order valence-electron chi connectivity index (χ0n) is 16.8. The normalized spacial score (nSPS) is 12.4. The second kappa shape index (κ2) is 8.62. The molecule has 10 heteroatoms. The molecular formula is C20H22N2O7S. The van der Waals surface area contributed by atoms with Crippen molar-refractivity contribution in [2.24, 2.45) is 0 Å². The van der Waals surface area contributed by atoms with Crippen molar-refractivity contribution < 1.29 is 32.2 Å². The van der Waals surface area contributed by atoms with E-state index in [4.69, 9.17) is 14.2 Å². The highest BCUT2D eigenvalue weighted by Crippen LogP contribution is 2.36. The molecule has 0 aliphatic carbocycles. The van der Waals surface area contributed by atoms with Gasteiger partial charge in [0.25, 0.3) is 0 Å². The summed E-state index contributed by atoms with van der Waals surface area (Å²) >= 11 is 0. The fourth-order valence-corrected chi connectivity index (χ4v) is 3.71. The number of benzene rings is 2. The molecule has 0 saturated carbocycles. The highest BCUT2D eigenvalue weighted by atomic mass is 32.2. The van der Waals surface area contributed by atoms with Crippen molar-refractivity contribution in [3.8, 4) is 11.5 Å². The molecule has 1 amide bonds. The Hall–Kier alpha value is -3.27. The van der Waals surface area contributed by atoms with Crippen molar-refractivity contribution >= 4 is 33.3 Å². The van der Waals surface area contributed by atoms with Gasteiger partial charge in [0.2, 0.25) is 22.7 Å². The molecule has 1 N–H and O–H groups in total. The molecule has 0 fully saturated rings. The van der Waals surface area contributed by atoms with Crippen molar-refractivity contribution in [3.05, 3.63) is 47.5 Å². The Bertz CT molecular complexity index is 1080. The molecule has 1 aliphatic rings. The van der Waals surface area contributed by atoms with Crippen LogP contribution < -0.4 is 19.1 Å². The zero-order chi connectivity index (χ0) is 21.9. The lowest BCUT2D eigenvalue weighted by Gasteiger charge is -2.22. The van der Waals surface area contributed by atoms with Gasteiger partial charge >= 0.3 is 5.97 Å². The molecule has 0 unspecified atom stereocenters. The van der Waals surface area contributed by atoms with Gasteiger partial charge in [-0.1, -0.05) is 6.07 Å². The average molecular weight is 434 g/mol. The van der Waals surface area contributed by atoms with Gasteiger partial charge in [-0.15, -0.1) is 0 Å². The summed E-state index contributed by atoms with van der Waals surface area (Å²) in [5.41, 5.74) is 1.66. The van der Waals surface area contributed by atoms with Crippen LogP contribution in [-0.4, -0.2) is 46.5 Å². The van der Waals surface area contributed by atoms with Crippen molar-refractivity contribution in [2.75, 3.05) is 35.8 Å². The van der Waals surface area contributed by atoms with E-state index in [1.165, 1.54) is 18.2 Å². The quantitative estimate of drug-likeness (QED) is 0.666. The van der Waals surface area contributed by atoms with Crippen molar-refractivity contribution in [2.45, 2.75) is 13.8 Å².